The van der Waals surface area contributed by atoms with Gasteiger partial charge in [0.2, 0.25) is 0 Å². The second-order valence-electron chi connectivity index (χ2n) is 5.73. The summed E-state index contributed by atoms with van der Waals surface area (Å²) in [5, 5.41) is 3.32. The fraction of sp³-hybridized carbons (Fsp3) is 0.412. The molecule has 96 valence electrons. The highest BCUT2D eigenvalue weighted by atomic mass is 28.3. The molecule has 0 saturated heterocycles. The lowest BCUT2D eigenvalue weighted by Gasteiger charge is -2.32. The van der Waals surface area contributed by atoms with Crippen molar-refractivity contribution < 1.29 is 0 Å². The van der Waals surface area contributed by atoms with E-state index in [-0.39, 0.29) is 0 Å². The van der Waals surface area contributed by atoms with Crippen molar-refractivity contribution in [2.75, 3.05) is 0 Å². The van der Waals surface area contributed by atoms with Gasteiger partial charge in [-0.3, -0.25) is 0 Å². The van der Waals surface area contributed by atoms with Crippen molar-refractivity contribution in [3.63, 3.8) is 0 Å². The van der Waals surface area contributed by atoms with Crippen LogP contribution in [0.4, 0.5) is 0 Å². The lowest BCUT2D eigenvalue weighted by molar-refractivity contribution is 0.915. The van der Waals surface area contributed by atoms with Gasteiger partial charge in [0.05, 0.1) is 0 Å². The molecular weight excluding hydrogens is 232 g/mol. The lowest BCUT2D eigenvalue weighted by atomic mass is 10.2. The van der Waals surface area contributed by atoms with Crippen molar-refractivity contribution >= 4 is 13.3 Å². The van der Waals surface area contributed by atoms with Gasteiger partial charge in [-0.15, -0.1) is 0 Å². The number of hydrogen-bond donors (Lipinski definition) is 0. The number of allylic oxidation sites excluding steroid dienone is 4. The van der Waals surface area contributed by atoms with Gasteiger partial charge in [-0.05, 0) is 19.8 Å². The molecule has 1 aliphatic rings. The van der Waals surface area contributed by atoms with Crippen molar-refractivity contribution in [3.05, 3.63) is 52.8 Å². The molecule has 1 heteroatoms. The van der Waals surface area contributed by atoms with Crippen LogP contribution in [0.5, 0.6) is 0 Å². The van der Waals surface area contributed by atoms with Gasteiger partial charge in [-0.1, -0.05) is 84.4 Å². The SMILES string of the molecule is CC[Si](C)(C1=C(C)C(C)=CC1C)c1ccccc1. The minimum Gasteiger partial charge on any atom is -0.0748 e. The minimum absolute atomic E-state index is 0.627. The highest BCUT2D eigenvalue weighted by Gasteiger charge is 2.37. The molecule has 0 fully saturated rings. The summed E-state index contributed by atoms with van der Waals surface area (Å²) in [7, 11) is -1.51. The second kappa shape index (κ2) is 4.89. The Morgan fingerprint density at radius 2 is 1.72 bits per heavy atom. The maximum atomic E-state index is 2.53. The van der Waals surface area contributed by atoms with E-state index in [4.69, 9.17) is 0 Å². The van der Waals surface area contributed by atoms with Gasteiger partial charge < -0.3 is 0 Å². The van der Waals surface area contributed by atoms with Crippen molar-refractivity contribution in [1.29, 1.82) is 0 Å². The largest absolute Gasteiger partial charge is 0.111 e. The second-order valence-corrected chi connectivity index (χ2v) is 10.2. The molecule has 1 aliphatic carbocycles. The molecule has 0 amide bonds. The Morgan fingerprint density at radius 1 is 1.11 bits per heavy atom. The van der Waals surface area contributed by atoms with E-state index in [1.807, 2.05) is 0 Å². The third-order valence-electron chi connectivity index (χ3n) is 4.66. The monoisotopic (exact) mass is 256 g/mol. The number of benzene rings is 1. The molecule has 1 aromatic rings. The van der Waals surface area contributed by atoms with Gasteiger partial charge in [0.25, 0.3) is 0 Å². The normalized spacial score (nSPS) is 22.9. The van der Waals surface area contributed by atoms with E-state index in [0.717, 1.165) is 0 Å². The fourth-order valence-electron chi connectivity index (χ4n) is 3.41. The maximum absolute atomic E-state index is 2.53. The Bertz CT molecular complexity index is 496. The van der Waals surface area contributed by atoms with Crippen molar-refractivity contribution in [2.45, 2.75) is 40.3 Å². The molecule has 0 bridgehead atoms. The molecule has 2 rings (SSSR count). The van der Waals surface area contributed by atoms with Crippen LogP contribution in [-0.2, 0) is 0 Å². The first-order chi connectivity index (χ1) is 8.50. The summed E-state index contributed by atoms with van der Waals surface area (Å²) in [4.78, 5) is 0. The summed E-state index contributed by atoms with van der Waals surface area (Å²) >= 11 is 0. The molecule has 2 atom stereocenters. The summed E-state index contributed by atoms with van der Waals surface area (Å²) in [6.07, 6.45) is 2.44. The Hall–Kier alpha value is -1.08. The van der Waals surface area contributed by atoms with Crippen LogP contribution in [0.15, 0.2) is 52.8 Å². The first-order valence-corrected chi connectivity index (χ1v) is 9.67. The summed E-state index contributed by atoms with van der Waals surface area (Å²) in [5.74, 6) is 0.627. The molecule has 2 unspecified atom stereocenters. The highest BCUT2D eigenvalue weighted by Crippen LogP contribution is 2.37. The van der Waals surface area contributed by atoms with Gasteiger partial charge in [-0.25, -0.2) is 0 Å². The topological polar surface area (TPSA) is 0 Å². The molecule has 0 heterocycles. The summed E-state index contributed by atoms with van der Waals surface area (Å²) < 4.78 is 0. The average Bonchev–Trinajstić information content (AvgIpc) is 2.64. The van der Waals surface area contributed by atoms with E-state index < -0.39 is 8.07 Å². The van der Waals surface area contributed by atoms with E-state index in [2.05, 4.69) is 70.6 Å². The predicted molar refractivity (Wildman–Crippen MR) is 83.8 cm³/mol. The lowest BCUT2D eigenvalue weighted by Crippen LogP contribution is -2.47. The Labute approximate surface area is 112 Å². The molecule has 0 saturated carbocycles. The first kappa shape index (κ1) is 13.4. The van der Waals surface area contributed by atoms with Crippen LogP contribution in [0.2, 0.25) is 12.6 Å². The minimum atomic E-state index is -1.51. The molecule has 0 nitrogen and oxygen atoms in total. The Morgan fingerprint density at radius 3 is 2.17 bits per heavy atom. The van der Waals surface area contributed by atoms with Gasteiger partial charge in [-0.2, -0.15) is 0 Å². The van der Waals surface area contributed by atoms with E-state index in [9.17, 15) is 0 Å². The van der Waals surface area contributed by atoms with Crippen molar-refractivity contribution in [3.8, 4) is 0 Å². The van der Waals surface area contributed by atoms with Crippen molar-refractivity contribution in [2.24, 2.45) is 5.92 Å². The summed E-state index contributed by atoms with van der Waals surface area (Å²) in [6, 6.07) is 12.4. The third-order valence-corrected chi connectivity index (χ3v) is 9.70. The van der Waals surface area contributed by atoms with Crippen LogP contribution < -0.4 is 5.19 Å². The van der Waals surface area contributed by atoms with E-state index in [1.165, 1.54) is 11.6 Å². The molecule has 0 N–H and O–H groups in total. The zero-order valence-corrected chi connectivity index (χ0v) is 13.2. The van der Waals surface area contributed by atoms with Crippen LogP contribution in [0.1, 0.15) is 27.7 Å². The molecule has 0 aliphatic heterocycles. The summed E-state index contributed by atoms with van der Waals surface area (Å²) in [5.41, 5.74) is 3.04. The highest BCUT2D eigenvalue weighted by molar-refractivity contribution is 6.96. The van der Waals surface area contributed by atoms with Gasteiger partial charge in [0.15, 0.2) is 0 Å². The van der Waals surface area contributed by atoms with E-state index in [0.29, 0.717) is 5.92 Å². The molecule has 0 radical (unpaired) electrons. The predicted octanol–water partition coefficient (Wildman–Crippen LogP) is 4.44. The average molecular weight is 256 g/mol. The maximum Gasteiger partial charge on any atom is 0.111 e. The molecular formula is C17H24Si. The standard InChI is InChI=1S/C17H24Si/c1-6-18(5,16-10-8-7-9-11-16)17-14(3)12-13(2)15(17)4/h7-12,14H,6H2,1-5H3. The number of rotatable bonds is 3. The zero-order chi connectivity index (χ0) is 13.3. The summed E-state index contributed by atoms with van der Waals surface area (Å²) in [6.45, 7) is 11.8. The molecule has 1 aromatic carbocycles. The molecule has 0 aromatic heterocycles. The van der Waals surface area contributed by atoms with Gasteiger partial charge >= 0.3 is 0 Å². The van der Waals surface area contributed by atoms with E-state index in [1.54, 1.807) is 16.0 Å². The Kier molecular flexibility index (Phi) is 3.63. The Balaban J connectivity index is 2.54. The van der Waals surface area contributed by atoms with Crippen LogP contribution in [0.3, 0.4) is 0 Å². The molecule has 0 spiro atoms. The van der Waals surface area contributed by atoms with Gasteiger partial charge in [0, 0.05) is 0 Å². The van der Waals surface area contributed by atoms with Crippen LogP contribution in [0, 0.1) is 5.92 Å². The van der Waals surface area contributed by atoms with Gasteiger partial charge in [0.1, 0.15) is 8.07 Å². The van der Waals surface area contributed by atoms with Crippen LogP contribution in [0.25, 0.3) is 0 Å². The van der Waals surface area contributed by atoms with Crippen molar-refractivity contribution in [1.82, 2.24) is 0 Å². The first-order valence-electron chi connectivity index (χ1n) is 6.96. The quantitative estimate of drug-likeness (QED) is 0.701. The zero-order valence-electron chi connectivity index (χ0n) is 12.2. The smallest absolute Gasteiger partial charge is 0.0748 e. The third kappa shape index (κ3) is 2.01. The van der Waals surface area contributed by atoms with Crippen LogP contribution in [-0.4, -0.2) is 8.07 Å². The van der Waals surface area contributed by atoms with E-state index >= 15 is 0 Å². The number of hydrogen-bond acceptors (Lipinski definition) is 0. The van der Waals surface area contributed by atoms with Crippen LogP contribution >= 0.6 is 0 Å². The molecule has 18 heavy (non-hydrogen) atoms. The fourth-order valence-corrected chi connectivity index (χ4v) is 7.55.